The van der Waals surface area contributed by atoms with E-state index in [1.165, 1.54) is 10.9 Å². The molecule has 0 aliphatic heterocycles. The number of aromatic nitrogens is 2. The molecule has 26 heavy (non-hydrogen) atoms. The first kappa shape index (κ1) is 18.6. The molecule has 134 valence electrons. The van der Waals surface area contributed by atoms with Crippen LogP contribution in [-0.2, 0) is 17.9 Å². The topological polar surface area (TPSA) is 73.2 Å². The number of nitrogens with one attached hydrogen (secondary N) is 1. The van der Waals surface area contributed by atoms with Gasteiger partial charge >= 0.3 is 0 Å². The molecular weight excluding hydrogens is 466 g/mol. The molecule has 0 saturated carbocycles. The van der Waals surface area contributed by atoms with Crippen LogP contribution in [0.25, 0.3) is 10.9 Å². The van der Waals surface area contributed by atoms with Crippen molar-refractivity contribution >= 4 is 48.7 Å². The monoisotopic (exact) mass is 479 g/mol. The van der Waals surface area contributed by atoms with Crippen molar-refractivity contribution in [3.63, 3.8) is 0 Å². The summed E-state index contributed by atoms with van der Waals surface area (Å²) in [6.45, 7) is 0.188. The summed E-state index contributed by atoms with van der Waals surface area (Å²) in [5.74, 6) is 0.396. The molecule has 0 unspecified atom stereocenters. The molecule has 1 aromatic heterocycles. The van der Waals surface area contributed by atoms with Crippen LogP contribution in [0.3, 0.4) is 0 Å². The predicted octanol–water partition coefficient (Wildman–Crippen LogP) is 3.25. The third-order valence-corrected chi connectivity index (χ3v) is 4.80. The van der Waals surface area contributed by atoms with Crippen LogP contribution < -0.4 is 15.6 Å². The molecule has 0 bridgehead atoms. The molecule has 1 amide bonds. The maximum Gasteiger partial charge on any atom is 0.261 e. The van der Waals surface area contributed by atoms with Gasteiger partial charge in [-0.1, -0.05) is 31.9 Å². The third-order valence-electron chi connectivity index (χ3n) is 3.82. The number of methoxy groups -OCH3 is 1. The fourth-order valence-corrected chi connectivity index (χ4v) is 3.30. The van der Waals surface area contributed by atoms with Crippen molar-refractivity contribution in [1.29, 1.82) is 0 Å². The van der Waals surface area contributed by atoms with E-state index in [1.54, 1.807) is 19.2 Å². The summed E-state index contributed by atoms with van der Waals surface area (Å²) in [5.41, 5.74) is 1.17. The number of hydrogen-bond acceptors (Lipinski definition) is 4. The van der Waals surface area contributed by atoms with Crippen LogP contribution in [0, 0.1) is 0 Å². The molecule has 0 atom stereocenters. The van der Waals surface area contributed by atoms with Gasteiger partial charge in [-0.05, 0) is 36.4 Å². The average molecular weight is 481 g/mol. The maximum atomic E-state index is 12.5. The molecule has 0 aliphatic carbocycles. The molecule has 0 fully saturated rings. The number of carbonyl (C=O) groups is 1. The van der Waals surface area contributed by atoms with Gasteiger partial charge in [0.25, 0.3) is 5.56 Å². The Kier molecular flexibility index (Phi) is 5.73. The number of fused-ring (bicyclic) bond motifs is 1. The highest BCUT2D eigenvalue weighted by Crippen LogP contribution is 2.22. The Bertz CT molecular complexity index is 1030. The Labute approximate surface area is 166 Å². The normalized spacial score (nSPS) is 10.7. The second kappa shape index (κ2) is 8.01. The molecular formula is C18H15Br2N3O3. The number of rotatable bonds is 5. The molecule has 6 nitrogen and oxygen atoms in total. The zero-order valence-corrected chi connectivity index (χ0v) is 17.0. The first-order valence-electron chi connectivity index (χ1n) is 7.72. The van der Waals surface area contributed by atoms with Crippen molar-refractivity contribution in [2.24, 2.45) is 0 Å². The summed E-state index contributed by atoms with van der Waals surface area (Å²) in [6, 6.07) is 10.8. The zero-order valence-electron chi connectivity index (χ0n) is 13.8. The van der Waals surface area contributed by atoms with Gasteiger partial charge in [0.05, 0.1) is 24.3 Å². The van der Waals surface area contributed by atoms with E-state index in [0.29, 0.717) is 23.2 Å². The van der Waals surface area contributed by atoms with Crippen molar-refractivity contribution in [1.82, 2.24) is 14.9 Å². The number of carbonyl (C=O) groups excluding carboxylic acids is 1. The second-order valence-electron chi connectivity index (χ2n) is 5.57. The number of hydrogen-bond donors (Lipinski definition) is 1. The average Bonchev–Trinajstić information content (AvgIpc) is 2.63. The lowest BCUT2D eigenvalue weighted by Gasteiger charge is -2.11. The first-order chi connectivity index (χ1) is 12.5. The summed E-state index contributed by atoms with van der Waals surface area (Å²) < 4.78 is 8.26. The minimum atomic E-state index is -0.287. The van der Waals surface area contributed by atoms with Crippen molar-refractivity contribution in [3.05, 3.63) is 67.6 Å². The van der Waals surface area contributed by atoms with Gasteiger partial charge in [0, 0.05) is 21.1 Å². The standard InChI is InChI=1S/C18H15Br2N3O3/c1-26-16-5-3-12(19)6-11(16)8-21-17(24)9-23-10-22-15-4-2-13(20)7-14(15)18(23)25/h2-7,10H,8-9H2,1H3,(H,21,24). The van der Waals surface area contributed by atoms with Gasteiger partial charge in [-0.3, -0.25) is 14.2 Å². The summed E-state index contributed by atoms with van der Waals surface area (Å²) in [6.07, 6.45) is 1.39. The van der Waals surface area contributed by atoms with Crippen molar-refractivity contribution < 1.29 is 9.53 Å². The molecule has 0 spiro atoms. The minimum absolute atomic E-state index is 0.107. The van der Waals surface area contributed by atoms with E-state index in [4.69, 9.17) is 4.74 Å². The SMILES string of the molecule is COc1ccc(Br)cc1CNC(=O)Cn1cnc2ccc(Br)cc2c1=O. The number of nitrogens with zero attached hydrogens (tertiary/aromatic N) is 2. The molecule has 0 saturated heterocycles. The van der Waals surface area contributed by atoms with Gasteiger partial charge in [0.2, 0.25) is 5.91 Å². The lowest BCUT2D eigenvalue weighted by molar-refractivity contribution is -0.121. The van der Waals surface area contributed by atoms with E-state index in [0.717, 1.165) is 14.5 Å². The summed E-state index contributed by atoms with van der Waals surface area (Å²) in [7, 11) is 1.58. The molecule has 0 aliphatic rings. The minimum Gasteiger partial charge on any atom is -0.496 e. The summed E-state index contributed by atoms with van der Waals surface area (Å²) in [5, 5.41) is 3.26. The fraction of sp³-hybridized carbons (Fsp3) is 0.167. The lowest BCUT2D eigenvalue weighted by Crippen LogP contribution is -2.32. The molecule has 1 N–H and O–H groups in total. The number of halogens is 2. The first-order valence-corrected chi connectivity index (χ1v) is 9.30. The predicted molar refractivity (Wildman–Crippen MR) is 106 cm³/mol. The van der Waals surface area contributed by atoms with Crippen LogP contribution in [0.4, 0.5) is 0 Å². The summed E-state index contributed by atoms with van der Waals surface area (Å²) in [4.78, 5) is 29.0. The van der Waals surface area contributed by atoms with E-state index in [9.17, 15) is 9.59 Å². The Balaban J connectivity index is 1.75. The number of ether oxygens (including phenoxy) is 1. The molecule has 1 heterocycles. The number of amides is 1. The van der Waals surface area contributed by atoms with Crippen LogP contribution in [-0.4, -0.2) is 22.6 Å². The third kappa shape index (κ3) is 4.13. The Morgan fingerprint density at radius 1 is 1.19 bits per heavy atom. The van der Waals surface area contributed by atoms with Crippen LogP contribution >= 0.6 is 31.9 Å². The quantitative estimate of drug-likeness (QED) is 0.608. The van der Waals surface area contributed by atoms with E-state index in [1.807, 2.05) is 24.3 Å². The van der Waals surface area contributed by atoms with Crippen molar-refractivity contribution in [3.8, 4) is 5.75 Å². The molecule has 2 aromatic carbocycles. The van der Waals surface area contributed by atoms with E-state index in [2.05, 4.69) is 42.2 Å². The Hall–Kier alpha value is -2.19. The van der Waals surface area contributed by atoms with Crippen LogP contribution in [0.5, 0.6) is 5.75 Å². The largest absolute Gasteiger partial charge is 0.496 e. The molecule has 8 heteroatoms. The van der Waals surface area contributed by atoms with E-state index < -0.39 is 0 Å². The molecule has 0 radical (unpaired) electrons. The van der Waals surface area contributed by atoms with Crippen LogP contribution in [0.1, 0.15) is 5.56 Å². The lowest BCUT2D eigenvalue weighted by atomic mass is 10.2. The molecule has 3 rings (SSSR count). The highest BCUT2D eigenvalue weighted by Gasteiger charge is 2.10. The number of benzene rings is 2. The van der Waals surface area contributed by atoms with Crippen molar-refractivity contribution in [2.45, 2.75) is 13.1 Å². The van der Waals surface area contributed by atoms with Gasteiger partial charge in [-0.15, -0.1) is 0 Å². The smallest absolute Gasteiger partial charge is 0.261 e. The van der Waals surface area contributed by atoms with Gasteiger partial charge < -0.3 is 10.1 Å². The van der Waals surface area contributed by atoms with Gasteiger partial charge in [0.15, 0.2) is 0 Å². The highest BCUT2D eigenvalue weighted by molar-refractivity contribution is 9.10. The maximum absolute atomic E-state index is 12.5. The van der Waals surface area contributed by atoms with Crippen molar-refractivity contribution in [2.75, 3.05) is 7.11 Å². The molecule has 3 aromatic rings. The Morgan fingerprint density at radius 2 is 1.92 bits per heavy atom. The van der Waals surface area contributed by atoms with Gasteiger partial charge in [-0.2, -0.15) is 0 Å². The van der Waals surface area contributed by atoms with Crippen LogP contribution in [0.2, 0.25) is 0 Å². The summed E-state index contributed by atoms with van der Waals surface area (Å²) >= 11 is 6.74. The fourth-order valence-electron chi connectivity index (χ4n) is 2.53. The van der Waals surface area contributed by atoms with E-state index in [-0.39, 0.29) is 18.0 Å². The highest BCUT2D eigenvalue weighted by atomic mass is 79.9. The van der Waals surface area contributed by atoms with Gasteiger partial charge in [-0.25, -0.2) is 4.98 Å². The van der Waals surface area contributed by atoms with Gasteiger partial charge in [0.1, 0.15) is 12.3 Å². The Morgan fingerprint density at radius 3 is 2.69 bits per heavy atom. The van der Waals surface area contributed by atoms with Crippen LogP contribution in [0.15, 0.2) is 56.5 Å². The zero-order chi connectivity index (χ0) is 18.7. The van der Waals surface area contributed by atoms with E-state index >= 15 is 0 Å². The second-order valence-corrected chi connectivity index (χ2v) is 7.40.